The average molecular weight is 804 g/mol. The number of nitrogens with zero attached hydrogens (tertiary/aromatic N) is 6. The van der Waals surface area contributed by atoms with Crippen LogP contribution in [0.4, 0.5) is 15.9 Å². The van der Waals surface area contributed by atoms with Crippen molar-refractivity contribution in [3.05, 3.63) is 88.8 Å². The number of anilines is 2. The van der Waals surface area contributed by atoms with Crippen molar-refractivity contribution in [2.45, 2.75) is 87.0 Å². The highest BCUT2D eigenvalue weighted by Gasteiger charge is 2.25. The van der Waals surface area contributed by atoms with Gasteiger partial charge in [-0.05, 0) is 83.6 Å². The van der Waals surface area contributed by atoms with Gasteiger partial charge in [0.25, 0.3) is 0 Å². The number of allylic oxidation sites excluding steroid dienone is 3. The van der Waals surface area contributed by atoms with Gasteiger partial charge in [-0.25, -0.2) is 14.4 Å². The topological polar surface area (TPSA) is 94.9 Å². The standard InChI is InChI=1S/C34H44ClFN6O2.C7H13NO.C4H6/c1-6-9-11-15-37-33(32-25(5)19-31-34(40-32)41(16-12-10-7-2)22-24(4)23-43-31)39-29-20-27(35)30(21-28(29)36)44-26-13-17-42(18-14-26)38-8-3;1-7(9)5-4-6-8(2)3;1-3-4-2/h8,11,13-15,17,19-21,24H,6-7,9-10,12,16,18,22-23H2,1-5H3,(H,37,39);4-5H,6H2,1-3H3;1H,4H2,2H3/b15-11+,38-8-;5-4+;. The van der Waals surface area contributed by atoms with Crippen LogP contribution in [0.1, 0.15) is 91.3 Å². The van der Waals surface area contributed by atoms with Crippen molar-refractivity contribution < 1.29 is 18.7 Å². The molecule has 0 saturated heterocycles. The molecule has 2 aromatic rings. The van der Waals surface area contributed by atoms with Crippen LogP contribution in [0.5, 0.6) is 11.5 Å². The van der Waals surface area contributed by atoms with Gasteiger partial charge in [0.15, 0.2) is 23.2 Å². The van der Waals surface area contributed by atoms with Crippen LogP contribution in [0.3, 0.4) is 0 Å². The predicted molar refractivity (Wildman–Crippen MR) is 237 cm³/mol. The number of hydrogen-bond acceptors (Lipinski definition) is 9. The van der Waals surface area contributed by atoms with Crippen LogP contribution >= 0.6 is 11.6 Å². The number of amidine groups is 1. The quantitative estimate of drug-likeness (QED) is 0.0625. The van der Waals surface area contributed by atoms with Crippen LogP contribution in [-0.4, -0.2) is 79.6 Å². The summed E-state index contributed by atoms with van der Waals surface area (Å²) in [4.78, 5) is 24.4. The third kappa shape index (κ3) is 17.8. The van der Waals surface area contributed by atoms with Crippen molar-refractivity contribution >= 4 is 40.9 Å². The van der Waals surface area contributed by atoms with E-state index in [1.807, 2.05) is 64.1 Å². The van der Waals surface area contributed by atoms with Crippen LogP contribution in [0.2, 0.25) is 5.02 Å². The Morgan fingerprint density at radius 3 is 2.58 bits per heavy atom. The molecule has 2 aliphatic heterocycles. The highest BCUT2D eigenvalue weighted by Crippen LogP contribution is 2.35. The number of fused-ring (bicyclic) bond motifs is 1. The molecule has 1 aromatic heterocycles. The van der Waals surface area contributed by atoms with E-state index in [4.69, 9.17) is 37.5 Å². The van der Waals surface area contributed by atoms with Gasteiger partial charge in [0.2, 0.25) is 0 Å². The van der Waals surface area contributed by atoms with Gasteiger partial charge in [-0.15, -0.1) is 12.3 Å². The number of aromatic nitrogens is 1. The number of unbranched alkanes of at least 4 members (excludes halogenated alkanes) is 3. The van der Waals surface area contributed by atoms with E-state index >= 15 is 4.39 Å². The average Bonchev–Trinajstić information content (AvgIpc) is 3.32. The number of benzene rings is 1. The van der Waals surface area contributed by atoms with E-state index in [0.717, 1.165) is 75.3 Å². The minimum atomic E-state index is -0.530. The normalized spacial score (nSPS) is 15.3. The summed E-state index contributed by atoms with van der Waals surface area (Å²) in [6, 6.07) is 4.80. The molecule has 1 atom stereocenters. The van der Waals surface area contributed by atoms with Gasteiger partial charge < -0.3 is 24.6 Å². The Hall–Kier alpha value is -4.92. The second-order valence-corrected chi connectivity index (χ2v) is 14.3. The summed E-state index contributed by atoms with van der Waals surface area (Å²) in [6.45, 7) is 17.5. The molecule has 0 radical (unpaired) electrons. The van der Waals surface area contributed by atoms with E-state index in [0.29, 0.717) is 36.4 Å². The number of hydrazone groups is 1. The summed E-state index contributed by atoms with van der Waals surface area (Å²) in [7, 11) is 3.93. The van der Waals surface area contributed by atoms with Crippen molar-refractivity contribution in [3.8, 4) is 23.8 Å². The maximum absolute atomic E-state index is 15.6. The van der Waals surface area contributed by atoms with Gasteiger partial charge in [-0.2, -0.15) is 5.10 Å². The first-order valence-corrected chi connectivity index (χ1v) is 20.2. The van der Waals surface area contributed by atoms with Crippen molar-refractivity contribution in [1.82, 2.24) is 14.9 Å². The van der Waals surface area contributed by atoms with Crippen molar-refractivity contribution in [2.24, 2.45) is 16.0 Å². The van der Waals surface area contributed by atoms with E-state index < -0.39 is 5.82 Å². The molecule has 4 rings (SSSR count). The monoisotopic (exact) mass is 803 g/mol. The zero-order valence-electron chi connectivity index (χ0n) is 35.4. The van der Waals surface area contributed by atoms with Crippen LogP contribution in [0.25, 0.3) is 0 Å². The van der Waals surface area contributed by atoms with Gasteiger partial charge in [-0.3, -0.25) is 9.80 Å². The number of likely N-dealkylation sites (N-methyl/N-ethyl adjacent to an activating group) is 1. The highest BCUT2D eigenvalue weighted by molar-refractivity contribution is 6.32. The van der Waals surface area contributed by atoms with E-state index in [2.05, 4.69) is 42.0 Å². The number of hydrogen-bond donors (Lipinski definition) is 1. The highest BCUT2D eigenvalue weighted by atomic mass is 35.5. The molecule has 1 aromatic carbocycles. The Labute approximate surface area is 346 Å². The SMILES string of the molecule is C#CCC.C/C=N\N1C=CC(Oc2cc(F)c(NC(=N/C=C/CCC)c3nc4c(cc3C)OCC(C)CN4CCCCC)cc2Cl)=CC1.CC(=O)/C=C/CN(C)C. The van der Waals surface area contributed by atoms with Gasteiger partial charge >= 0.3 is 0 Å². The number of ketones is 1. The summed E-state index contributed by atoms with van der Waals surface area (Å²) >= 11 is 6.60. The minimum absolute atomic E-state index is 0.108. The van der Waals surface area contributed by atoms with Gasteiger partial charge in [0.1, 0.15) is 23.0 Å². The molecule has 0 fully saturated rings. The maximum atomic E-state index is 15.6. The third-order valence-corrected chi connectivity index (χ3v) is 8.51. The molecule has 1 unspecified atom stereocenters. The first kappa shape index (κ1) is 48.2. The zero-order valence-corrected chi connectivity index (χ0v) is 36.2. The Morgan fingerprint density at radius 1 is 1.21 bits per heavy atom. The molecule has 3 heterocycles. The molecule has 12 heteroatoms. The van der Waals surface area contributed by atoms with Gasteiger partial charge in [0.05, 0.1) is 23.9 Å². The lowest BCUT2D eigenvalue weighted by atomic mass is 10.1. The molecule has 57 heavy (non-hydrogen) atoms. The molecule has 0 spiro atoms. The summed E-state index contributed by atoms with van der Waals surface area (Å²) in [6.07, 6.45) is 25.1. The Morgan fingerprint density at radius 2 is 1.96 bits per heavy atom. The number of carbonyl (C=O) groups is 1. The van der Waals surface area contributed by atoms with E-state index in [9.17, 15) is 4.79 Å². The number of terminal acetylenes is 1. The van der Waals surface area contributed by atoms with Crippen LogP contribution in [0.15, 0.2) is 76.8 Å². The largest absolute Gasteiger partial charge is 0.489 e. The molecule has 0 amide bonds. The number of ether oxygens (including phenoxy) is 2. The molecular formula is C45H63ClFN7O3. The van der Waals surface area contributed by atoms with Crippen LogP contribution < -0.4 is 19.7 Å². The second kappa shape index (κ2) is 26.8. The number of aryl methyl sites for hydroxylation is 1. The fraction of sp³-hybridized carbons (Fsp3) is 0.467. The van der Waals surface area contributed by atoms with E-state index in [1.165, 1.54) is 12.1 Å². The zero-order chi connectivity index (χ0) is 42.2. The summed E-state index contributed by atoms with van der Waals surface area (Å²) in [5.74, 6) is 5.11. The maximum Gasteiger partial charge on any atom is 0.172 e. The number of halogens is 2. The lowest BCUT2D eigenvalue weighted by Crippen LogP contribution is -2.30. The van der Waals surface area contributed by atoms with Crippen molar-refractivity contribution in [3.63, 3.8) is 0 Å². The van der Waals surface area contributed by atoms with Gasteiger partial charge in [0, 0.05) is 56.7 Å². The fourth-order valence-corrected chi connectivity index (χ4v) is 5.54. The molecule has 1 N–H and O–H groups in total. The number of rotatable bonds is 15. The summed E-state index contributed by atoms with van der Waals surface area (Å²) in [5, 5.41) is 9.41. The molecule has 10 nitrogen and oxygen atoms in total. The van der Waals surface area contributed by atoms with Crippen LogP contribution in [0, 0.1) is 31.0 Å². The molecule has 310 valence electrons. The summed E-state index contributed by atoms with van der Waals surface area (Å²) in [5.41, 5.74) is 1.66. The lowest BCUT2D eigenvalue weighted by Gasteiger charge is -2.25. The molecule has 0 bridgehead atoms. The smallest absolute Gasteiger partial charge is 0.172 e. The first-order chi connectivity index (χ1) is 27.4. The Balaban J connectivity index is 0.000000742. The van der Waals surface area contributed by atoms with E-state index in [-0.39, 0.29) is 22.2 Å². The van der Waals surface area contributed by atoms with Crippen molar-refractivity contribution in [2.75, 3.05) is 57.1 Å². The minimum Gasteiger partial charge on any atom is -0.489 e. The number of pyridine rings is 1. The third-order valence-electron chi connectivity index (χ3n) is 8.22. The van der Waals surface area contributed by atoms with Crippen LogP contribution in [-0.2, 0) is 4.79 Å². The predicted octanol–water partition coefficient (Wildman–Crippen LogP) is 10.2. The second-order valence-electron chi connectivity index (χ2n) is 13.9. The molecule has 0 aliphatic carbocycles. The first-order valence-electron chi connectivity index (χ1n) is 19.8. The van der Waals surface area contributed by atoms with Gasteiger partial charge in [-0.1, -0.05) is 70.7 Å². The molecule has 0 saturated carbocycles. The number of aliphatic imine (C=N–C) groups is 1. The Bertz CT molecular complexity index is 1800. The van der Waals surface area contributed by atoms with Crippen molar-refractivity contribution in [1.29, 1.82) is 0 Å². The summed E-state index contributed by atoms with van der Waals surface area (Å²) < 4.78 is 27.7. The Kier molecular flexibility index (Phi) is 22.7. The fourth-order valence-electron chi connectivity index (χ4n) is 5.34. The number of nitrogens with one attached hydrogen (secondary N) is 1. The molecule has 2 aliphatic rings. The lowest BCUT2D eigenvalue weighted by molar-refractivity contribution is -0.112. The number of carbonyl (C=O) groups excluding carboxylic acids is 1. The molecular weight excluding hydrogens is 741 g/mol. The van der Waals surface area contributed by atoms with E-state index in [1.54, 1.807) is 42.7 Å².